The van der Waals surface area contributed by atoms with Gasteiger partial charge in [-0.3, -0.25) is 4.79 Å². The molecule has 0 saturated carbocycles. The van der Waals surface area contributed by atoms with Crippen molar-refractivity contribution in [3.63, 3.8) is 0 Å². The Labute approximate surface area is 231 Å². The zero-order valence-corrected chi connectivity index (χ0v) is 23.6. The first kappa shape index (κ1) is 27.3. The highest BCUT2D eigenvalue weighted by molar-refractivity contribution is 7.91. The maximum atomic E-state index is 13.0. The number of methoxy groups -OCH3 is 1. The third kappa shape index (κ3) is 6.17. The molecule has 2 fully saturated rings. The predicted molar refractivity (Wildman–Crippen MR) is 151 cm³/mol. The van der Waals surface area contributed by atoms with E-state index >= 15 is 0 Å². The van der Waals surface area contributed by atoms with Crippen LogP contribution in [-0.4, -0.2) is 68.4 Å². The Morgan fingerprint density at radius 2 is 1.62 bits per heavy atom. The lowest BCUT2D eigenvalue weighted by atomic mass is 9.89. The van der Waals surface area contributed by atoms with Gasteiger partial charge in [0.1, 0.15) is 5.75 Å². The molecule has 7 nitrogen and oxygen atoms in total. The van der Waals surface area contributed by atoms with Crippen LogP contribution >= 0.6 is 0 Å². The number of piperidine rings is 2. The maximum absolute atomic E-state index is 13.0. The van der Waals surface area contributed by atoms with Gasteiger partial charge in [0.15, 0.2) is 5.03 Å². The fourth-order valence-corrected chi connectivity index (χ4v) is 7.01. The molecule has 0 unspecified atom stereocenters. The van der Waals surface area contributed by atoms with E-state index in [2.05, 4.69) is 9.88 Å². The van der Waals surface area contributed by atoms with Crippen molar-refractivity contribution in [3.8, 4) is 5.75 Å². The van der Waals surface area contributed by atoms with E-state index in [0.29, 0.717) is 17.7 Å². The number of aromatic nitrogens is 1. The van der Waals surface area contributed by atoms with Crippen LogP contribution in [0.15, 0.2) is 76.8 Å². The molecule has 3 aromatic rings. The lowest BCUT2D eigenvalue weighted by Gasteiger charge is -2.42. The molecule has 2 saturated heterocycles. The Kier molecular flexibility index (Phi) is 8.33. The minimum atomic E-state index is -3.66. The van der Waals surface area contributed by atoms with E-state index in [9.17, 15) is 13.2 Å². The second kappa shape index (κ2) is 11.9. The van der Waals surface area contributed by atoms with Gasteiger partial charge in [-0.1, -0.05) is 24.3 Å². The lowest BCUT2D eigenvalue weighted by Crippen LogP contribution is -2.49. The number of ether oxygens (including phenoxy) is 1. The number of amides is 1. The monoisotopic (exact) mass is 547 g/mol. The van der Waals surface area contributed by atoms with Crippen molar-refractivity contribution in [2.24, 2.45) is 5.92 Å². The van der Waals surface area contributed by atoms with Crippen LogP contribution in [0, 0.1) is 12.8 Å². The number of nitrogens with zero attached hydrogens (tertiary/aromatic N) is 3. The van der Waals surface area contributed by atoms with Crippen LogP contribution in [0.3, 0.4) is 0 Å². The van der Waals surface area contributed by atoms with Gasteiger partial charge in [-0.15, -0.1) is 0 Å². The van der Waals surface area contributed by atoms with Crippen molar-refractivity contribution in [1.29, 1.82) is 0 Å². The Hall–Kier alpha value is -3.23. The van der Waals surface area contributed by atoms with Crippen molar-refractivity contribution >= 4 is 15.7 Å². The second-order valence-corrected chi connectivity index (χ2v) is 12.6. The number of hydrogen-bond acceptors (Lipinski definition) is 6. The summed E-state index contributed by atoms with van der Waals surface area (Å²) in [5.74, 6) is 1.33. The van der Waals surface area contributed by atoms with Crippen LogP contribution in [0.25, 0.3) is 0 Å². The number of rotatable bonds is 7. The smallest absolute Gasteiger partial charge is 0.254 e. The number of hydrogen-bond donors (Lipinski definition) is 0. The summed E-state index contributed by atoms with van der Waals surface area (Å²) in [6.07, 6.45) is 6.91. The van der Waals surface area contributed by atoms with E-state index in [4.69, 9.17) is 4.74 Å². The number of aryl methyl sites for hydroxylation is 1. The Balaban J connectivity index is 1.10. The SMILES string of the molecule is COc1ccc(S(=O)(=O)c2ccc(CC3CCN(C4CCN(C(=O)c5ccccc5C)CC4)CC3)cn2)cc1. The van der Waals surface area contributed by atoms with Crippen LogP contribution in [-0.2, 0) is 16.3 Å². The third-order valence-corrected chi connectivity index (χ3v) is 9.94. The summed E-state index contributed by atoms with van der Waals surface area (Å²) in [7, 11) is -2.11. The number of carbonyl (C=O) groups is 1. The molecule has 3 heterocycles. The van der Waals surface area contributed by atoms with Gasteiger partial charge in [-0.05, 0) is 106 Å². The van der Waals surface area contributed by atoms with Gasteiger partial charge in [0.05, 0.1) is 12.0 Å². The molecule has 206 valence electrons. The topological polar surface area (TPSA) is 79.8 Å². The van der Waals surface area contributed by atoms with Crippen LogP contribution < -0.4 is 4.74 Å². The van der Waals surface area contributed by atoms with E-state index in [0.717, 1.165) is 75.0 Å². The van der Waals surface area contributed by atoms with Crippen molar-refractivity contribution in [1.82, 2.24) is 14.8 Å². The molecule has 1 amide bonds. The molecular weight excluding hydrogens is 510 g/mol. The van der Waals surface area contributed by atoms with Crippen molar-refractivity contribution < 1.29 is 17.9 Å². The minimum absolute atomic E-state index is 0.0680. The molecule has 0 radical (unpaired) electrons. The number of carbonyl (C=O) groups excluding carboxylic acids is 1. The highest BCUT2D eigenvalue weighted by Crippen LogP contribution is 2.28. The molecule has 0 bridgehead atoms. The van der Waals surface area contributed by atoms with Crippen molar-refractivity contribution in [3.05, 3.63) is 83.6 Å². The van der Waals surface area contributed by atoms with Gasteiger partial charge >= 0.3 is 0 Å². The van der Waals surface area contributed by atoms with Crippen LogP contribution in [0.4, 0.5) is 0 Å². The molecule has 5 rings (SSSR count). The van der Waals surface area contributed by atoms with Crippen molar-refractivity contribution in [2.45, 2.75) is 55.0 Å². The quantitative estimate of drug-likeness (QED) is 0.423. The number of likely N-dealkylation sites (tertiary alicyclic amines) is 2. The molecule has 0 spiro atoms. The standard InChI is InChI=1S/C31H37N3O4S/c1-23-5-3-4-6-29(23)31(35)34-19-15-26(16-20-34)33-17-13-24(14-18-33)21-25-7-12-30(32-22-25)39(36,37)28-10-8-27(38-2)9-11-28/h3-12,22,24,26H,13-21H2,1-2H3. The van der Waals surface area contributed by atoms with E-state index in [1.54, 1.807) is 43.6 Å². The number of benzene rings is 2. The van der Waals surface area contributed by atoms with Crippen LogP contribution in [0.1, 0.15) is 47.2 Å². The third-order valence-electron chi connectivity index (χ3n) is 8.26. The van der Waals surface area contributed by atoms with Gasteiger partial charge in [0.2, 0.25) is 9.84 Å². The highest BCUT2D eigenvalue weighted by atomic mass is 32.2. The van der Waals surface area contributed by atoms with Gasteiger partial charge in [0, 0.05) is 30.9 Å². The Morgan fingerprint density at radius 3 is 2.23 bits per heavy atom. The van der Waals surface area contributed by atoms with E-state index in [-0.39, 0.29) is 15.8 Å². The fourth-order valence-electron chi connectivity index (χ4n) is 5.84. The first-order valence-electron chi connectivity index (χ1n) is 13.8. The van der Waals surface area contributed by atoms with Crippen LogP contribution in [0.2, 0.25) is 0 Å². The summed E-state index contributed by atoms with van der Waals surface area (Å²) in [5, 5.41) is 0.0680. The van der Waals surface area contributed by atoms with E-state index in [1.807, 2.05) is 42.2 Å². The molecular formula is C31H37N3O4S. The summed E-state index contributed by atoms with van der Waals surface area (Å²) in [4.78, 5) is 22.1. The van der Waals surface area contributed by atoms with Crippen LogP contribution in [0.5, 0.6) is 5.75 Å². The summed E-state index contributed by atoms with van der Waals surface area (Å²) >= 11 is 0. The summed E-state index contributed by atoms with van der Waals surface area (Å²) in [6, 6.07) is 18.3. The van der Waals surface area contributed by atoms with E-state index < -0.39 is 9.84 Å². The summed E-state index contributed by atoms with van der Waals surface area (Å²) < 4.78 is 31.0. The summed E-state index contributed by atoms with van der Waals surface area (Å²) in [5.41, 5.74) is 2.93. The fraction of sp³-hybridized carbons (Fsp3) is 0.419. The Morgan fingerprint density at radius 1 is 0.923 bits per heavy atom. The average Bonchev–Trinajstić information content (AvgIpc) is 2.98. The summed E-state index contributed by atoms with van der Waals surface area (Å²) in [6.45, 7) is 5.76. The highest BCUT2D eigenvalue weighted by Gasteiger charge is 2.30. The van der Waals surface area contributed by atoms with Crippen molar-refractivity contribution in [2.75, 3.05) is 33.3 Å². The molecule has 0 atom stereocenters. The zero-order chi connectivity index (χ0) is 27.4. The predicted octanol–water partition coefficient (Wildman–Crippen LogP) is 4.79. The molecule has 2 aliphatic heterocycles. The van der Waals surface area contributed by atoms with E-state index in [1.165, 1.54) is 0 Å². The second-order valence-electron chi connectivity index (χ2n) is 10.7. The molecule has 1 aromatic heterocycles. The molecule has 8 heteroatoms. The average molecular weight is 548 g/mol. The van der Waals surface area contributed by atoms with Gasteiger partial charge in [-0.2, -0.15) is 0 Å². The molecule has 0 N–H and O–H groups in total. The zero-order valence-electron chi connectivity index (χ0n) is 22.8. The minimum Gasteiger partial charge on any atom is -0.497 e. The first-order valence-corrected chi connectivity index (χ1v) is 15.3. The molecule has 2 aromatic carbocycles. The number of pyridine rings is 1. The molecule has 2 aliphatic rings. The Bertz CT molecular complexity index is 1370. The molecule has 39 heavy (non-hydrogen) atoms. The van der Waals surface area contributed by atoms with Gasteiger partial charge < -0.3 is 14.5 Å². The first-order chi connectivity index (χ1) is 18.8. The largest absolute Gasteiger partial charge is 0.497 e. The molecule has 0 aliphatic carbocycles. The number of sulfone groups is 1. The van der Waals surface area contributed by atoms with Gasteiger partial charge in [-0.25, -0.2) is 13.4 Å². The van der Waals surface area contributed by atoms with Gasteiger partial charge in [0.25, 0.3) is 5.91 Å². The normalized spacial score (nSPS) is 17.7. The maximum Gasteiger partial charge on any atom is 0.254 e. The lowest BCUT2D eigenvalue weighted by molar-refractivity contribution is 0.0551.